The van der Waals surface area contributed by atoms with Gasteiger partial charge < -0.3 is 9.80 Å². The van der Waals surface area contributed by atoms with E-state index in [2.05, 4.69) is 49.7 Å². The zero-order valence-electron chi connectivity index (χ0n) is 11.2. The van der Waals surface area contributed by atoms with Crippen molar-refractivity contribution in [3.63, 3.8) is 0 Å². The Labute approximate surface area is 118 Å². The Kier molecular flexibility index (Phi) is 4.95. The molecule has 18 heavy (non-hydrogen) atoms. The molecular formula is C13H21BrN4. The highest BCUT2D eigenvalue weighted by molar-refractivity contribution is 9.10. The van der Waals surface area contributed by atoms with E-state index in [-0.39, 0.29) is 0 Å². The molecule has 1 aliphatic rings. The van der Waals surface area contributed by atoms with Gasteiger partial charge in [-0.15, -0.1) is 0 Å². The van der Waals surface area contributed by atoms with E-state index in [4.69, 9.17) is 0 Å². The van der Waals surface area contributed by atoms with Crippen LogP contribution in [0, 0.1) is 0 Å². The van der Waals surface area contributed by atoms with Gasteiger partial charge in [-0.2, -0.15) is 0 Å². The molecule has 1 aromatic heterocycles. The summed E-state index contributed by atoms with van der Waals surface area (Å²) in [5.41, 5.74) is 0. The number of aryl methyl sites for hydroxylation is 1. The zero-order valence-corrected chi connectivity index (χ0v) is 12.8. The maximum absolute atomic E-state index is 4.56. The molecule has 1 aliphatic heterocycles. The molecular weight excluding hydrogens is 292 g/mol. The molecule has 5 heteroatoms. The molecule has 0 unspecified atom stereocenters. The lowest BCUT2D eigenvalue weighted by Crippen LogP contribution is -2.32. The topological polar surface area (TPSA) is 32.3 Å². The lowest BCUT2D eigenvalue weighted by molar-refractivity contribution is 0.346. The Hall–Kier alpha value is -0.680. The van der Waals surface area contributed by atoms with Crippen molar-refractivity contribution in [1.29, 1.82) is 0 Å². The molecule has 0 atom stereocenters. The Balaban J connectivity index is 1.94. The van der Waals surface area contributed by atoms with E-state index < -0.39 is 0 Å². The number of nitrogens with zero attached hydrogens (tertiary/aromatic N) is 4. The number of rotatable bonds is 5. The standard InChI is InChI=1S/C13H21BrN4/c1-3-12-15-11(14)10-13(16-12)17(2)8-9-18-6-4-5-7-18/h10H,3-9H2,1-2H3. The second kappa shape index (κ2) is 6.48. The molecule has 0 spiro atoms. The minimum Gasteiger partial charge on any atom is -0.358 e. The van der Waals surface area contributed by atoms with Crippen LogP contribution < -0.4 is 4.90 Å². The van der Waals surface area contributed by atoms with Crippen molar-refractivity contribution in [3.8, 4) is 0 Å². The summed E-state index contributed by atoms with van der Waals surface area (Å²) in [5.74, 6) is 1.90. The Morgan fingerprint density at radius 2 is 2.06 bits per heavy atom. The first-order valence-electron chi connectivity index (χ1n) is 6.66. The molecule has 1 saturated heterocycles. The van der Waals surface area contributed by atoms with Crippen LogP contribution in [-0.4, -0.2) is 48.1 Å². The molecule has 0 aromatic carbocycles. The minimum absolute atomic E-state index is 0.867. The average molecular weight is 313 g/mol. The summed E-state index contributed by atoms with van der Waals surface area (Å²) >= 11 is 3.45. The van der Waals surface area contributed by atoms with Crippen molar-refractivity contribution in [2.75, 3.05) is 38.1 Å². The first-order valence-corrected chi connectivity index (χ1v) is 7.45. The molecule has 1 aromatic rings. The van der Waals surface area contributed by atoms with Crippen LogP contribution in [0.4, 0.5) is 5.82 Å². The van der Waals surface area contributed by atoms with Crippen LogP contribution in [0.5, 0.6) is 0 Å². The van der Waals surface area contributed by atoms with E-state index in [0.717, 1.165) is 35.8 Å². The lowest BCUT2D eigenvalue weighted by Gasteiger charge is -2.22. The highest BCUT2D eigenvalue weighted by atomic mass is 79.9. The molecule has 2 rings (SSSR count). The third-order valence-electron chi connectivity index (χ3n) is 3.39. The predicted octanol–water partition coefficient (Wildman–Crippen LogP) is 2.33. The summed E-state index contributed by atoms with van der Waals surface area (Å²) in [6.07, 6.45) is 3.57. The van der Waals surface area contributed by atoms with Gasteiger partial charge in [-0.05, 0) is 41.9 Å². The Bertz CT molecular complexity index is 391. The molecule has 0 radical (unpaired) electrons. The van der Waals surface area contributed by atoms with Gasteiger partial charge in [0.15, 0.2) is 0 Å². The summed E-state index contributed by atoms with van der Waals surface area (Å²) in [7, 11) is 2.10. The largest absolute Gasteiger partial charge is 0.358 e. The predicted molar refractivity (Wildman–Crippen MR) is 78.1 cm³/mol. The van der Waals surface area contributed by atoms with E-state index in [1.165, 1.54) is 25.9 Å². The third kappa shape index (κ3) is 3.65. The zero-order chi connectivity index (χ0) is 13.0. The highest BCUT2D eigenvalue weighted by Crippen LogP contribution is 2.16. The number of hydrogen-bond donors (Lipinski definition) is 0. The van der Waals surface area contributed by atoms with Gasteiger partial charge in [-0.1, -0.05) is 6.92 Å². The second-order valence-corrected chi connectivity index (χ2v) is 5.60. The molecule has 0 N–H and O–H groups in total. The smallest absolute Gasteiger partial charge is 0.133 e. The van der Waals surface area contributed by atoms with Crippen molar-refractivity contribution < 1.29 is 0 Å². The van der Waals surface area contributed by atoms with Crippen molar-refractivity contribution in [3.05, 3.63) is 16.5 Å². The van der Waals surface area contributed by atoms with Crippen LogP contribution in [-0.2, 0) is 6.42 Å². The molecule has 4 nitrogen and oxygen atoms in total. The number of hydrogen-bond acceptors (Lipinski definition) is 4. The number of likely N-dealkylation sites (tertiary alicyclic amines) is 1. The fraction of sp³-hybridized carbons (Fsp3) is 0.692. The van der Waals surface area contributed by atoms with Crippen molar-refractivity contribution >= 4 is 21.7 Å². The second-order valence-electron chi connectivity index (χ2n) is 4.79. The van der Waals surface area contributed by atoms with Crippen LogP contribution in [0.15, 0.2) is 10.7 Å². The van der Waals surface area contributed by atoms with Crippen LogP contribution in [0.2, 0.25) is 0 Å². The van der Waals surface area contributed by atoms with E-state index in [1.54, 1.807) is 0 Å². The first kappa shape index (κ1) is 13.7. The fourth-order valence-corrected chi connectivity index (χ4v) is 2.63. The van der Waals surface area contributed by atoms with Crippen LogP contribution in [0.3, 0.4) is 0 Å². The third-order valence-corrected chi connectivity index (χ3v) is 3.79. The minimum atomic E-state index is 0.867. The van der Waals surface area contributed by atoms with Crippen LogP contribution >= 0.6 is 15.9 Å². The van der Waals surface area contributed by atoms with Crippen LogP contribution in [0.1, 0.15) is 25.6 Å². The quantitative estimate of drug-likeness (QED) is 0.781. The van der Waals surface area contributed by atoms with Crippen molar-refractivity contribution in [2.45, 2.75) is 26.2 Å². The normalized spacial score (nSPS) is 16.2. The van der Waals surface area contributed by atoms with Crippen molar-refractivity contribution in [1.82, 2.24) is 14.9 Å². The van der Waals surface area contributed by atoms with Gasteiger partial charge in [-0.3, -0.25) is 0 Å². The maximum atomic E-state index is 4.56. The summed E-state index contributed by atoms with van der Waals surface area (Å²) in [6, 6.07) is 1.99. The lowest BCUT2D eigenvalue weighted by atomic mass is 10.4. The van der Waals surface area contributed by atoms with E-state index in [9.17, 15) is 0 Å². The summed E-state index contributed by atoms with van der Waals surface area (Å²) in [6.45, 7) is 6.73. The number of halogens is 1. The molecule has 0 saturated carbocycles. The van der Waals surface area contributed by atoms with Gasteiger partial charge in [-0.25, -0.2) is 9.97 Å². The highest BCUT2D eigenvalue weighted by Gasteiger charge is 2.13. The maximum Gasteiger partial charge on any atom is 0.133 e. The van der Waals surface area contributed by atoms with Gasteiger partial charge >= 0.3 is 0 Å². The van der Waals surface area contributed by atoms with Gasteiger partial charge in [0.05, 0.1) is 0 Å². The number of likely N-dealkylation sites (N-methyl/N-ethyl adjacent to an activating group) is 1. The first-order chi connectivity index (χ1) is 8.69. The van der Waals surface area contributed by atoms with Gasteiger partial charge in [0.1, 0.15) is 16.2 Å². The molecule has 1 fully saturated rings. The SMILES string of the molecule is CCc1nc(Br)cc(N(C)CCN2CCCC2)n1. The Morgan fingerprint density at radius 1 is 1.33 bits per heavy atom. The molecule has 0 aliphatic carbocycles. The Morgan fingerprint density at radius 3 is 2.72 bits per heavy atom. The molecule has 0 bridgehead atoms. The number of anilines is 1. The monoisotopic (exact) mass is 312 g/mol. The van der Waals surface area contributed by atoms with E-state index in [1.807, 2.05) is 6.07 Å². The van der Waals surface area contributed by atoms with E-state index in [0.29, 0.717) is 0 Å². The van der Waals surface area contributed by atoms with Gasteiger partial charge in [0.25, 0.3) is 0 Å². The molecule has 0 amide bonds. The van der Waals surface area contributed by atoms with Gasteiger partial charge in [0.2, 0.25) is 0 Å². The van der Waals surface area contributed by atoms with E-state index >= 15 is 0 Å². The van der Waals surface area contributed by atoms with Crippen LogP contribution in [0.25, 0.3) is 0 Å². The average Bonchev–Trinajstić information content (AvgIpc) is 2.88. The number of aromatic nitrogens is 2. The summed E-state index contributed by atoms with van der Waals surface area (Å²) in [5, 5.41) is 0. The van der Waals surface area contributed by atoms with Crippen molar-refractivity contribution in [2.24, 2.45) is 0 Å². The summed E-state index contributed by atoms with van der Waals surface area (Å²) in [4.78, 5) is 13.6. The summed E-state index contributed by atoms with van der Waals surface area (Å²) < 4.78 is 0.873. The molecule has 100 valence electrons. The fourth-order valence-electron chi connectivity index (χ4n) is 2.22. The molecule has 2 heterocycles. The van der Waals surface area contributed by atoms with Gasteiger partial charge in [0, 0.05) is 32.6 Å².